The van der Waals surface area contributed by atoms with Crippen molar-refractivity contribution >= 4 is 5.70 Å². The summed E-state index contributed by atoms with van der Waals surface area (Å²) in [6, 6.07) is 11.5. The van der Waals surface area contributed by atoms with Crippen LogP contribution in [0.5, 0.6) is 0 Å². The largest absolute Gasteiger partial charge is 0.416 e. The maximum atomic E-state index is 12.6. The molecule has 0 amide bonds. The maximum absolute atomic E-state index is 12.6. The summed E-state index contributed by atoms with van der Waals surface area (Å²) >= 11 is 0. The summed E-state index contributed by atoms with van der Waals surface area (Å²) in [4.78, 5) is 0. The molecule has 0 aliphatic heterocycles. The number of rotatable bonds is 6. The summed E-state index contributed by atoms with van der Waals surface area (Å²) in [7, 11) is 0. The molecule has 0 aliphatic rings. The summed E-state index contributed by atoms with van der Waals surface area (Å²) in [5.74, 6) is 0.573. The van der Waals surface area contributed by atoms with Crippen molar-refractivity contribution in [2.75, 3.05) is 0 Å². The molecule has 1 nitrogen and oxygen atoms in total. The highest BCUT2D eigenvalue weighted by atomic mass is 19.4. The zero-order valence-electron chi connectivity index (χ0n) is 14.9. The summed E-state index contributed by atoms with van der Waals surface area (Å²) in [5.41, 5.74) is 4.36. The van der Waals surface area contributed by atoms with Gasteiger partial charge in [-0.05, 0) is 54.2 Å². The van der Waals surface area contributed by atoms with E-state index < -0.39 is 11.7 Å². The number of benzene rings is 2. The fraction of sp³-hybridized carbons (Fsp3) is 0.333. The van der Waals surface area contributed by atoms with Crippen molar-refractivity contribution in [2.45, 2.75) is 39.9 Å². The Balaban J connectivity index is 2.05. The minimum absolute atomic E-state index is 0.435. The van der Waals surface area contributed by atoms with Gasteiger partial charge >= 0.3 is 6.18 Å². The Morgan fingerprint density at radius 3 is 2.20 bits per heavy atom. The first-order valence-corrected chi connectivity index (χ1v) is 8.35. The van der Waals surface area contributed by atoms with Gasteiger partial charge in [-0.1, -0.05) is 44.7 Å². The number of hydrogen-bond donors (Lipinski definition) is 1. The molecule has 0 atom stereocenters. The van der Waals surface area contributed by atoms with Gasteiger partial charge in [0.05, 0.1) is 5.56 Å². The Bertz CT molecular complexity index is 728. The van der Waals surface area contributed by atoms with Gasteiger partial charge in [0.25, 0.3) is 0 Å². The fourth-order valence-corrected chi connectivity index (χ4v) is 2.71. The molecular weight excluding hydrogens is 323 g/mol. The van der Waals surface area contributed by atoms with Gasteiger partial charge in [-0.3, -0.25) is 0 Å². The van der Waals surface area contributed by atoms with Crippen LogP contribution in [-0.2, 0) is 19.1 Å². The van der Waals surface area contributed by atoms with E-state index in [2.05, 4.69) is 43.9 Å². The van der Waals surface area contributed by atoms with Gasteiger partial charge in [-0.2, -0.15) is 13.2 Å². The van der Waals surface area contributed by atoms with E-state index in [4.69, 9.17) is 0 Å². The average Bonchev–Trinajstić information content (AvgIpc) is 2.53. The minimum atomic E-state index is -4.30. The van der Waals surface area contributed by atoms with Crippen LogP contribution in [0, 0.1) is 12.8 Å². The molecule has 0 aliphatic carbocycles. The monoisotopic (exact) mass is 347 g/mol. The summed E-state index contributed by atoms with van der Waals surface area (Å²) in [6.07, 6.45) is -3.30. The molecule has 0 heterocycles. The second-order valence-corrected chi connectivity index (χ2v) is 6.77. The first-order chi connectivity index (χ1) is 11.7. The van der Waals surface area contributed by atoms with E-state index in [9.17, 15) is 13.2 Å². The number of aryl methyl sites for hydroxylation is 1. The Morgan fingerprint density at radius 2 is 1.64 bits per heavy atom. The minimum Gasteiger partial charge on any atom is -0.381 e. The van der Waals surface area contributed by atoms with Crippen molar-refractivity contribution in [1.29, 1.82) is 0 Å². The van der Waals surface area contributed by atoms with E-state index in [-0.39, 0.29) is 0 Å². The van der Waals surface area contributed by atoms with Gasteiger partial charge in [0, 0.05) is 17.8 Å². The molecule has 134 valence electrons. The van der Waals surface area contributed by atoms with Crippen molar-refractivity contribution in [3.8, 4) is 0 Å². The van der Waals surface area contributed by atoms with Crippen LogP contribution in [0.25, 0.3) is 5.70 Å². The van der Waals surface area contributed by atoms with Gasteiger partial charge < -0.3 is 5.32 Å². The van der Waals surface area contributed by atoms with E-state index in [0.29, 0.717) is 12.5 Å². The summed E-state index contributed by atoms with van der Waals surface area (Å²) in [6.45, 7) is 10.9. The highest BCUT2D eigenvalue weighted by molar-refractivity contribution is 5.65. The van der Waals surface area contributed by atoms with Gasteiger partial charge in [-0.15, -0.1) is 0 Å². The molecular formula is C21H24F3N. The number of nitrogens with one attached hydrogen (secondary N) is 1. The third-order valence-corrected chi connectivity index (χ3v) is 4.06. The molecule has 0 radical (unpaired) electrons. The predicted octanol–water partition coefficient (Wildman–Crippen LogP) is 5.97. The molecule has 0 saturated carbocycles. The first kappa shape index (κ1) is 19.1. The average molecular weight is 347 g/mol. The fourth-order valence-electron chi connectivity index (χ4n) is 2.71. The molecule has 0 unspecified atom stereocenters. The highest BCUT2D eigenvalue weighted by Gasteiger charge is 2.29. The van der Waals surface area contributed by atoms with Crippen LogP contribution in [0.2, 0.25) is 0 Å². The first-order valence-electron chi connectivity index (χ1n) is 8.35. The maximum Gasteiger partial charge on any atom is 0.416 e. The lowest BCUT2D eigenvalue weighted by molar-refractivity contribution is -0.137. The lowest BCUT2D eigenvalue weighted by atomic mass is 9.97. The van der Waals surface area contributed by atoms with Crippen molar-refractivity contribution in [1.82, 2.24) is 5.32 Å². The second kappa shape index (κ2) is 7.77. The van der Waals surface area contributed by atoms with Crippen LogP contribution in [0.3, 0.4) is 0 Å². The quantitative estimate of drug-likeness (QED) is 0.678. The van der Waals surface area contributed by atoms with Gasteiger partial charge in [-0.25, -0.2) is 0 Å². The van der Waals surface area contributed by atoms with Crippen LogP contribution in [0.15, 0.2) is 49.0 Å². The third kappa shape index (κ3) is 5.38. The molecule has 0 fully saturated rings. The van der Waals surface area contributed by atoms with E-state index in [0.717, 1.165) is 40.9 Å². The summed E-state index contributed by atoms with van der Waals surface area (Å²) < 4.78 is 37.8. The summed E-state index contributed by atoms with van der Waals surface area (Å²) in [5, 5.41) is 3.22. The number of halogens is 3. The zero-order valence-corrected chi connectivity index (χ0v) is 14.9. The molecule has 0 saturated heterocycles. The molecule has 25 heavy (non-hydrogen) atoms. The second-order valence-electron chi connectivity index (χ2n) is 6.77. The Labute approximate surface area is 147 Å². The molecule has 0 bridgehead atoms. The SMILES string of the molecule is C=C(NCc1ccc(C(F)(F)F)cc1)c1cc(CC(C)C)ccc1C. The molecule has 2 aromatic carbocycles. The van der Waals surface area contributed by atoms with Crippen LogP contribution in [0.1, 0.15) is 41.7 Å². The number of hydrogen-bond acceptors (Lipinski definition) is 1. The standard InChI is InChI=1S/C21H24F3N/c1-14(2)11-18-6-5-15(3)20(12-18)16(4)25-13-17-7-9-19(10-8-17)21(22,23)24/h5-10,12,14,25H,4,11,13H2,1-3H3. The molecule has 0 spiro atoms. The lowest BCUT2D eigenvalue weighted by Gasteiger charge is -2.15. The molecule has 1 N–H and O–H groups in total. The van der Waals surface area contributed by atoms with Crippen molar-refractivity contribution in [3.05, 3.63) is 76.9 Å². The van der Waals surface area contributed by atoms with Crippen LogP contribution < -0.4 is 5.32 Å². The van der Waals surface area contributed by atoms with Crippen LogP contribution in [-0.4, -0.2) is 0 Å². The molecule has 2 aromatic rings. The van der Waals surface area contributed by atoms with Crippen LogP contribution in [0.4, 0.5) is 13.2 Å². The molecule has 4 heteroatoms. The van der Waals surface area contributed by atoms with Crippen LogP contribution >= 0.6 is 0 Å². The Kier molecular flexibility index (Phi) is 5.93. The van der Waals surface area contributed by atoms with Crippen molar-refractivity contribution < 1.29 is 13.2 Å². The topological polar surface area (TPSA) is 12.0 Å². The van der Waals surface area contributed by atoms with Gasteiger partial charge in [0.2, 0.25) is 0 Å². The van der Waals surface area contributed by atoms with E-state index in [1.54, 1.807) is 0 Å². The van der Waals surface area contributed by atoms with E-state index in [1.165, 1.54) is 17.7 Å². The molecule has 2 rings (SSSR count). The Hall–Kier alpha value is -2.23. The highest BCUT2D eigenvalue weighted by Crippen LogP contribution is 2.29. The van der Waals surface area contributed by atoms with E-state index >= 15 is 0 Å². The normalized spacial score (nSPS) is 11.6. The Morgan fingerprint density at radius 1 is 1.04 bits per heavy atom. The zero-order chi connectivity index (χ0) is 18.6. The van der Waals surface area contributed by atoms with Gasteiger partial charge in [0.1, 0.15) is 0 Å². The smallest absolute Gasteiger partial charge is 0.381 e. The predicted molar refractivity (Wildman–Crippen MR) is 97.0 cm³/mol. The van der Waals surface area contributed by atoms with Gasteiger partial charge in [0.15, 0.2) is 0 Å². The number of alkyl halides is 3. The van der Waals surface area contributed by atoms with Crippen molar-refractivity contribution in [2.24, 2.45) is 5.92 Å². The van der Waals surface area contributed by atoms with E-state index in [1.807, 2.05) is 6.92 Å². The third-order valence-electron chi connectivity index (χ3n) is 4.06. The molecule has 0 aromatic heterocycles. The lowest BCUT2D eigenvalue weighted by Crippen LogP contribution is -2.12. The van der Waals surface area contributed by atoms with Crippen molar-refractivity contribution in [3.63, 3.8) is 0 Å².